The molecule has 2 heterocycles. The van der Waals surface area contributed by atoms with E-state index in [1.165, 1.54) is 0 Å². The molecule has 0 radical (unpaired) electrons. The van der Waals surface area contributed by atoms with Gasteiger partial charge in [0.25, 0.3) is 0 Å². The van der Waals surface area contributed by atoms with Crippen LogP contribution in [0.3, 0.4) is 0 Å². The van der Waals surface area contributed by atoms with E-state index < -0.39 is 0 Å². The van der Waals surface area contributed by atoms with Crippen LogP contribution >= 0.6 is 0 Å². The summed E-state index contributed by atoms with van der Waals surface area (Å²) in [5, 5.41) is 12.9. The first-order valence-electron chi connectivity index (χ1n) is 8.08. The summed E-state index contributed by atoms with van der Waals surface area (Å²) in [6.45, 7) is 10.2. The van der Waals surface area contributed by atoms with Crippen molar-refractivity contribution in [1.29, 1.82) is 0 Å². The summed E-state index contributed by atoms with van der Waals surface area (Å²) in [4.78, 5) is 11.8. The number of nitrogens with zero attached hydrogens (tertiary/aromatic N) is 3. The highest BCUT2D eigenvalue weighted by atomic mass is 16.3. The highest BCUT2D eigenvalue weighted by molar-refractivity contribution is 5.75. The third-order valence-corrected chi connectivity index (χ3v) is 4.04. The molecule has 5 nitrogen and oxygen atoms in total. The maximum Gasteiger partial charge on any atom is 0.134 e. The van der Waals surface area contributed by atoms with Crippen LogP contribution in [-0.4, -0.2) is 41.3 Å². The first kappa shape index (κ1) is 15.7. The highest BCUT2D eigenvalue weighted by Crippen LogP contribution is 2.32. The number of anilines is 1. The Balaban J connectivity index is 2.09. The Morgan fingerprint density at radius 1 is 1.09 bits per heavy atom. The van der Waals surface area contributed by atoms with Crippen molar-refractivity contribution in [1.82, 2.24) is 15.3 Å². The van der Waals surface area contributed by atoms with Crippen LogP contribution in [-0.2, 0) is 5.41 Å². The minimum Gasteiger partial charge on any atom is -0.508 e. The van der Waals surface area contributed by atoms with E-state index in [2.05, 4.69) is 36.0 Å². The van der Waals surface area contributed by atoms with Gasteiger partial charge in [0.05, 0.1) is 17.6 Å². The zero-order chi connectivity index (χ0) is 16.4. The molecule has 1 aromatic heterocycles. The molecule has 122 valence electrons. The molecule has 1 aromatic carbocycles. The molecule has 0 bridgehead atoms. The number of aromatic hydroxyl groups is 1. The predicted octanol–water partition coefficient (Wildman–Crippen LogP) is 2.56. The van der Waals surface area contributed by atoms with Crippen molar-refractivity contribution in [2.45, 2.75) is 26.2 Å². The molecule has 0 unspecified atom stereocenters. The molecule has 0 spiro atoms. The number of nitrogens with one attached hydrogen (secondary N) is 1. The molecule has 5 heteroatoms. The molecular weight excluding hydrogens is 288 g/mol. The summed E-state index contributed by atoms with van der Waals surface area (Å²) in [5.41, 5.74) is 2.90. The van der Waals surface area contributed by atoms with E-state index in [0.717, 1.165) is 48.9 Å². The monoisotopic (exact) mass is 312 g/mol. The average molecular weight is 312 g/mol. The second-order valence-corrected chi connectivity index (χ2v) is 6.96. The maximum atomic E-state index is 9.55. The van der Waals surface area contributed by atoms with Gasteiger partial charge in [0, 0.05) is 37.2 Å². The molecule has 0 atom stereocenters. The van der Waals surface area contributed by atoms with Crippen molar-refractivity contribution in [2.75, 3.05) is 31.1 Å². The molecule has 2 N–H and O–H groups in total. The van der Waals surface area contributed by atoms with Crippen molar-refractivity contribution in [3.8, 4) is 17.0 Å². The number of phenolic OH excluding ortho intramolecular Hbond substituents is 1. The summed E-state index contributed by atoms with van der Waals surface area (Å²) < 4.78 is 0. The van der Waals surface area contributed by atoms with Crippen LogP contribution in [0.5, 0.6) is 5.75 Å². The minimum absolute atomic E-state index is 0.104. The normalized spacial score (nSPS) is 15.7. The van der Waals surface area contributed by atoms with E-state index in [4.69, 9.17) is 4.98 Å². The van der Waals surface area contributed by atoms with Gasteiger partial charge < -0.3 is 15.3 Å². The summed E-state index contributed by atoms with van der Waals surface area (Å²) in [5.74, 6) is 1.10. The zero-order valence-corrected chi connectivity index (χ0v) is 14.0. The maximum absolute atomic E-state index is 9.55. The topological polar surface area (TPSA) is 61.3 Å². The van der Waals surface area contributed by atoms with Crippen LogP contribution in [0.2, 0.25) is 0 Å². The summed E-state index contributed by atoms with van der Waals surface area (Å²) in [7, 11) is 0. The van der Waals surface area contributed by atoms with Gasteiger partial charge in [-0.2, -0.15) is 0 Å². The lowest BCUT2D eigenvalue weighted by Crippen LogP contribution is -2.44. The zero-order valence-electron chi connectivity index (χ0n) is 14.0. The Hall–Kier alpha value is -2.14. The number of aromatic nitrogens is 2. The number of benzene rings is 1. The van der Waals surface area contributed by atoms with Crippen LogP contribution in [0.4, 0.5) is 5.69 Å². The second-order valence-electron chi connectivity index (χ2n) is 6.96. The summed E-state index contributed by atoms with van der Waals surface area (Å²) >= 11 is 0. The number of rotatable bonds is 2. The van der Waals surface area contributed by atoms with Gasteiger partial charge in [-0.15, -0.1) is 0 Å². The van der Waals surface area contributed by atoms with Crippen LogP contribution in [0, 0.1) is 0 Å². The fraction of sp³-hybridized carbons (Fsp3) is 0.444. The highest BCUT2D eigenvalue weighted by Gasteiger charge is 2.22. The molecule has 0 saturated carbocycles. The van der Waals surface area contributed by atoms with Gasteiger partial charge in [0.15, 0.2) is 0 Å². The first-order chi connectivity index (χ1) is 10.9. The molecule has 1 saturated heterocycles. The Bertz CT molecular complexity index is 670. The van der Waals surface area contributed by atoms with Gasteiger partial charge in [-0.1, -0.05) is 20.8 Å². The summed E-state index contributed by atoms with van der Waals surface area (Å²) in [6, 6.07) is 7.23. The molecule has 0 aliphatic carbocycles. The number of hydrogen-bond donors (Lipinski definition) is 2. The predicted molar refractivity (Wildman–Crippen MR) is 92.9 cm³/mol. The van der Waals surface area contributed by atoms with Crippen molar-refractivity contribution >= 4 is 5.69 Å². The second kappa shape index (κ2) is 6.16. The Labute approximate surface area is 137 Å². The van der Waals surface area contributed by atoms with Crippen molar-refractivity contribution in [2.24, 2.45) is 0 Å². The summed E-state index contributed by atoms with van der Waals surface area (Å²) in [6.07, 6.45) is 1.95. The molecular formula is C18H24N4O. The third kappa shape index (κ3) is 3.45. The van der Waals surface area contributed by atoms with E-state index in [9.17, 15) is 5.11 Å². The molecule has 1 aliphatic rings. The van der Waals surface area contributed by atoms with Gasteiger partial charge in [0.1, 0.15) is 11.6 Å². The lowest BCUT2D eigenvalue weighted by atomic mass is 9.95. The van der Waals surface area contributed by atoms with E-state index in [1.807, 2.05) is 18.3 Å². The van der Waals surface area contributed by atoms with Gasteiger partial charge in [-0.05, 0) is 24.3 Å². The fourth-order valence-electron chi connectivity index (χ4n) is 2.71. The van der Waals surface area contributed by atoms with Crippen molar-refractivity contribution in [3.05, 3.63) is 36.3 Å². The van der Waals surface area contributed by atoms with Crippen LogP contribution in [0.15, 0.2) is 30.5 Å². The molecule has 1 aliphatic heterocycles. The molecule has 0 amide bonds. The molecule has 23 heavy (non-hydrogen) atoms. The molecule has 1 fully saturated rings. The smallest absolute Gasteiger partial charge is 0.134 e. The quantitative estimate of drug-likeness (QED) is 0.892. The standard InChI is InChI=1S/C18H24N4O/c1-18(2,3)17-20-12-15(22-10-8-19-9-11-22)16(21-17)13-4-6-14(23)7-5-13/h4-7,12,19,23H,8-11H2,1-3H3. The Kier molecular flexibility index (Phi) is 4.22. The van der Waals surface area contributed by atoms with Crippen LogP contribution < -0.4 is 10.2 Å². The van der Waals surface area contributed by atoms with Gasteiger partial charge in [-0.25, -0.2) is 9.97 Å². The third-order valence-electron chi connectivity index (χ3n) is 4.04. The molecule has 3 rings (SSSR count). The van der Waals surface area contributed by atoms with E-state index in [1.54, 1.807) is 12.1 Å². The average Bonchev–Trinajstić information content (AvgIpc) is 2.55. The van der Waals surface area contributed by atoms with E-state index in [-0.39, 0.29) is 11.2 Å². The largest absolute Gasteiger partial charge is 0.508 e. The van der Waals surface area contributed by atoms with Crippen LogP contribution in [0.1, 0.15) is 26.6 Å². The lowest BCUT2D eigenvalue weighted by molar-refractivity contribution is 0.475. The van der Waals surface area contributed by atoms with Crippen molar-refractivity contribution < 1.29 is 5.11 Å². The van der Waals surface area contributed by atoms with Gasteiger partial charge in [0.2, 0.25) is 0 Å². The fourth-order valence-corrected chi connectivity index (χ4v) is 2.71. The molecule has 2 aromatic rings. The Morgan fingerprint density at radius 3 is 2.35 bits per heavy atom. The van der Waals surface area contributed by atoms with E-state index >= 15 is 0 Å². The van der Waals surface area contributed by atoms with E-state index in [0.29, 0.717) is 0 Å². The van der Waals surface area contributed by atoms with Gasteiger partial charge in [-0.3, -0.25) is 0 Å². The Morgan fingerprint density at radius 2 is 1.74 bits per heavy atom. The SMILES string of the molecule is CC(C)(C)c1ncc(N2CCNCC2)c(-c2ccc(O)cc2)n1. The minimum atomic E-state index is -0.104. The lowest BCUT2D eigenvalue weighted by Gasteiger charge is -2.31. The first-order valence-corrected chi connectivity index (χ1v) is 8.08. The van der Waals surface area contributed by atoms with Gasteiger partial charge >= 0.3 is 0 Å². The number of phenols is 1. The number of hydrogen-bond acceptors (Lipinski definition) is 5. The number of piperazine rings is 1. The van der Waals surface area contributed by atoms with Crippen molar-refractivity contribution in [3.63, 3.8) is 0 Å². The van der Waals surface area contributed by atoms with Crippen LogP contribution in [0.25, 0.3) is 11.3 Å².